The van der Waals surface area contributed by atoms with Gasteiger partial charge in [0.1, 0.15) is 0 Å². The van der Waals surface area contributed by atoms with Gasteiger partial charge in [0, 0.05) is 35.9 Å². The predicted molar refractivity (Wildman–Crippen MR) is 81.1 cm³/mol. The standard InChI is InChI=1S/C16H12N2O3S/c19-16(13-5-4-9-17-11-13)14-8-10-18(12-14)22(20,21)15-6-2-1-3-7-15/h1-12H. The monoisotopic (exact) mass is 312 g/mol. The number of ketones is 1. The molecule has 0 aliphatic rings. The Labute approximate surface area is 127 Å². The van der Waals surface area contributed by atoms with E-state index in [0.29, 0.717) is 11.1 Å². The van der Waals surface area contributed by atoms with Crippen molar-refractivity contribution in [3.05, 3.63) is 84.4 Å². The molecule has 0 spiro atoms. The summed E-state index contributed by atoms with van der Waals surface area (Å²) in [6.45, 7) is 0. The van der Waals surface area contributed by atoms with E-state index in [1.54, 1.807) is 36.5 Å². The highest BCUT2D eigenvalue weighted by atomic mass is 32.2. The number of aromatic nitrogens is 2. The van der Waals surface area contributed by atoms with E-state index in [9.17, 15) is 13.2 Å². The minimum absolute atomic E-state index is 0.172. The van der Waals surface area contributed by atoms with Gasteiger partial charge in [0.15, 0.2) is 5.78 Å². The van der Waals surface area contributed by atoms with Gasteiger partial charge in [-0.15, -0.1) is 0 Å². The Hall–Kier alpha value is -2.73. The lowest BCUT2D eigenvalue weighted by Gasteiger charge is -2.04. The predicted octanol–water partition coefficient (Wildman–Crippen LogP) is 2.35. The van der Waals surface area contributed by atoms with Gasteiger partial charge in [-0.1, -0.05) is 18.2 Å². The van der Waals surface area contributed by atoms with Gasteiger partial charge in [0.05, 0.1) is 4.90 Å². The van der Waals surface area contributed by atoms with Crippen LogP contribution in [0.4, 0.5) is 0 Å². The summed E-state index contributed by atoms with van der Waals surface area (Å²) in [6, 6.07) is 12.8. The number of benzene rings is 1. The zero-order valence-electron chi connectivity index (χ0n) is 11.5. The van der Waals surface area contributed by atoms with Crippen molar-refractivity contribution < 1.29 is 13.2 Å². The Balaban J connectivity index is 1.97. The zero-order chi connectivity index (χ0) is 15.6. The second kappa shape index (κ2) is 5.57. The molecule has 6 heteroatoms. The van der Waals surface area contributed by atoms with Gasteiger partial charge >= 0.3 is 0 Å². The van der Waals surface area contributed by atoms with E-state index < -0.39 is 10.0 Å². The lowest BCUT2D eigenvalue weighted by atomic mass is 10.1. The average molecular weight is 312 g/mol. The van der Waals surface area contributed by atoms with Crippen molar-refractivity contribution in [2.24, 2.45) is 0 Å². The summed E-state index contributed by atoms with van der Waals surface area (Å²) in [6.07, 6.45) is 5.71. The summed E-state index contributed by atoms with van der Waals surface area (Å²) in [5, 5.41) is 0. The molecular weight excluding hydrogens is 300 g/mol. The molecule has 0 unspecified atom stereocenters. The number of carbonyl (C=O) groups excluding carboxylic acids is 1. The highest BCUT2D eigenvalue weighted by Gasteiger charge is 2.18. The van der Waals surface area contributed by atoms with Crippen LogP contribution in [-0.2, 0) is 10.0 Å². The number of nitrogens with zero attached hydrogens (tertiary/aromatic N) is 2. The van der Waals surface area contributed by atoms with Gasteiger partial charge < -0.3 is 0 Å². The molecule has 0 saturated heterocycles. The van der Waals surface area contributed by atoms with E-state index >= 15 is 0 Å². The van der Waals surface area contributed by atoms with Gasteiger partial charge in [-0.3, -0.25) is 9.78 Å². The molecule has 0 saturated carbocycles. The van der Waals surface area contributed by atoms with Gasteiger partial charge in [-0.25, -0.2) is 12.4 Å². The fraction of sp³-hybridized carbons (Fsp3) is 0. The first-order valence-electron chi connectivity index (χ1n) is 6.52. The molecule has 0 aliphatic carbocycles. The molecule has 110 valence electrons. The average Bonchev–Trinajstić information content (AvgIpc) is 3.06. The molecule has 5 nitrogen and oxygen atoms in total. The van der Waals surface area contributed by atoms with Gasteiger partial charge in [-0.2, -0.15) is 0 Å². The molecule has 22 heavy (non-hydrogen) atoms. The third-order valence-corrected chi connectivity index (χ3v) is 4.82. The molecule has 3 aromatic rings. The van der Waals surface area contributed by atoms with Crippen molar-refractivity contribution in [2.45, 2.75) is 4.90 Å². The molecule has 0 aliphatic heterocycles. The second-order valence-corrected chi connectivity index (χ2v) is 6.46. The fourth-order valence-electron chi connectivity index (χ4n) is 2.04. The van der Waals surface area contributed by atoms with Crippen LogP contribution < -0.4 is 0 Å². The highest BCUT2D eigenvalue weighted by molar-refractivity contribution is 7.90. The number of hydrogen-bond acceptors (Lipinski definition) is 4. The molecule has 0 atom stereocenters. The molecule has 0 radical (unpaired) electrons. The highest BCUT2D eigenvalue weighted by Crippen LogP contribution is 2.16. The van der Waals surface area contributed by atoms with E-state index in [0.717, 1.165) is 3.97 Å². The van der Waals surface area contributed by atoms with Gasteiger partial charge in [0.25, 0.3) is 10.0 Å². The molecule has 2 heterocycles. The van der Waals surface area contributed by atoms with E-state index in [4.69, 9.17) is 0 Å². The third-order valence-electron chi connectivity index (χ3n) is 3.17. The fourth-order valence-corrected chi connectivity index (χ4v) is 3.26. The molecule has 0 amide bonds. The minimum atomic E-state index is -3.69. The molecule has 0 fully saturated rings. The van der Waals surface area contributed by atoms with E-state index in [1.165, 1.54) is 36.8 Å². The van der Waals surface area contributed by atoms with Crippen LogP contribution in [0.1, 0.15) is 15.9 Å². The van der Waals surface area contributed by atoms with Gasteiger partial charge in [-0.05, 0) is 30.3 Å². The number of pyridine rings is 1. The number of carbonyl (C=O) groups is 1. The first-order valence-corrected chi connectivity index (χ1v) is 7.96. The quantitative estimate of drug-likeness (QED) is 0.693. The maximum atomic E-state index is 12.4. The molecule has 1 aromatic carbocycles. The summed E-state index contributed by atoms with van der Waals surface area (Å²) in [5.74, 6) is -0.268. The topological polar surface area (TPSA) is 69.0 Å². The van der Waals surface area contributed by atoms with Crippen LogP contribution in [0.2, 0.25) is 0 Å². The molecule has 3 rings (SSSR count). The Kier molecular flexibility index (Phi) is 3.60. The lowest BCUT2D eigenvalue weighted by Crippen LogP contribution is -2.11. The summed E-state index contributed by atoms with van der Waals surface area (Å²) in [4.78, 5) is 16.3. The smallest absolute Gasteiger partial charge is 0.267 e. The van der Waals surface area contributed by atoms with Crippen LogP contribution in [0.5, 0.6) is 0 Å². The minimum Gasteiger partial charge on any atom is -0.288 e. The van der Waals surface area contributed by atoms with Crippen molar-refractivity contribution in [1.82, 2.24) is 8.96 Å². The van der Waals surface area contributed by atoms with E-state index in [2.05, 4.69) is 4.98 Å². The summed E-state index contributed by atoms with van der Waals surface area (Å²) in [5.41, 5.74) is 0.713. The largest absolute Gasteiger partial charge is 0.288 e. The zero-order valence-corrected chi connectivity index (χ0v) is 12.3. The molecular formula is C16H12N2O3S. The molecule has 0 N–H and O–H groups in total. The van der Waals surface area contributed by atoms with Crippen molar-refractivity contribution in [2.75, 3.05) is 0 Å². The number of rotatable bonds is 4. The van der Waals surface area contributed by atoms with Crippen molar-refractivity contribution >= 4 is 15.8 Å². The Bertz CT molecular complexity index is 901. The molecule has 0 bridgehead atoms. The first kappa shape index (κ1) is 14.2. The third kappa shape index (κ3) is 2.56. The van der Waals surface area contributed by atoms with Crippen LogP contribution in [0.15, 0.2) is 78.2 Å². The molecule has 2 aromatic heterocycles. The second-order valence-electron chi connectivity index (χ2n) is 4.62. The maximum absolute atomic E-state index is 12.4. The normalized spacial score (nSPS) is 11.3. The van der Waals surface area contributed by atoms with E-state index in [1.807, 2.05) is 0 Å². The van der Waals surface area contributed by atoms with Crippen molar-refractivity contribution in [1.29, 1.82) is 0 Å². The van der Waals surface area contributed by atoms with Crippen LogP contribution in [0.25, 0.3) is 0 Å². The van der Waals surface area contributed by atoms with Crippen molar-refractivity contribution in [3.8, 4) is 0 Å². The van der Waals surface area contributed by atoms with Crippen LogP contribution in [0, 0.1) is 0 Å². The Morgan fingerprint density at radius 1 is 0.955 bits per heavy atom. The Morgan fingerprint density at radius 3 is 2.41 bits per heavy atom. The van der Waals surface area contributed by atoms with Crippen LogP contribution in [0.3, 0.4) is 0 Å². The van der Waals surface area contributed by atoms with E-state index in [-0.39, 0.29) is 10.7 Å². The SMILES string of the molecule is O=C(c1cccnc1)c1ccn(S(=O)(=O)c2ccccc2)c1. The lowest BCUT2D eigenvalue weighted by molar-refractivity contribution is 0.103. The summed E-state index contributed by atoms with van der Waals surface area (Å²) >= 11 is 0. The van der Waals surface area contributed by atoms with Crippen LogP contribution >= 0.6 is 0 Å². The summed E-state index contributed by atoms with van der Waals surface area (Å²) < 4.78 is 25.9. The summed E-state index contributed by atoms with van der Waals surface area (Å²) in [7, 11) is -3.69. The Morgan fingerprint density at radius 2 is 1.73 bits per heavy atom. The van der Waals surface area contributed by atoms with Crippen molar-refractivity contribution in [3.63, 3.8) is 0 Å². The van der Waals surface area contributed by atoms with Gasteiger partial charge in [0.2, 0.25) is 0 Å². The maximum Gasteiger partial charge on any atom is 0.267 e. The van der Waals surface area contributed by atoms with Crippen LogP contribution in [-0.4, -0.2) is 23.2 Å². The first-order chi connectivity index (χ1) is 10.6. The number of hydrogen-bond donors (Lipinski definition) is 0.